The first-order chi connectivity index (χ1) is 13.0. The van der Waals surface area contributed by atoms with Crippen LogP contribution < -0.4 is 5.63 Å². The van der Waals surface area contributed by atoms with E-state index in [2.05, 4.69) is 5.16 Å². The number of carbonyl (C=O) groups excluding carboxylic acids is 1. The molecule has 27 heavy (non-hydrogen) atoms. The van der Waals surface area contributed by atoms with Crippen LogP contribution in [0.2, 0.25) is 0 Å². The molecule has 0 saturated carbocycles. The minimum Gasteiger partial charge on any atom is -0.422 e. The van der Waals surface area contributed by atoms with Gasteiger partial charge in [-0.15, -0.1) is 0 Å². The van der Waals surface area contributed by atoms with Gasteiger partial charge >= 0.3 is 5.63 Å². The Balaban J connectivity index is 1.57. The number of aryl methyl sites for hydroxylation is 1. The van der Waals surface area contributed by atoms with Crippen LogP contribution in [0.15, 0.2) is 50.1 Å². The molecule has 1 aromatic carbocycles. The molecule has 3 heterocycles. The van der Waals surface area contributed by atoms with Crippen LogP contribution in [0.3, 0.4) is 0 Å². The van der Waals surface area contributed by atoms with Gasteiger partial charge in [0.1, 0.15) is 16.9 Å². The third-order valence-corrected chi connectivity index (χ3v) is 4.98. The van der Waals surface area contributed by atoms with Crippen molar-refractivity contribution in [1.82, 2.24) is 10.1 Å². The van der Waals surface area contributed by atoms with Gasteiger partial charge in [0.2, 0.25) is 0 Å². The lowest BCUT2D eigenvalue weighted by molar-refractivity contribution is 0.0670. The maximum Gasteiger partial charge on any atom is 0.349 e. The first-order valence-electron chi connectivity index (χ1n) is 8.82. The Hall–Kier alpha value is -2.93. The summed E-state index contributed by atoms with van der Waals surface area (Å²) in [6.45, 7) is 2.76. The molecule has 0 spiro atoms. The van der Waals surface area contributed by atoms with Crippen LogP contribution in [-0.2, 0) is 11.2 Å². The maximum atomic E-state index is 12.9. The van der Waals surface area contributed by atoms with Gasteiger partial charge in [0.15, 0.2) is 0 Å². The van der Waals surface area contributed by atoms with E-state index in [4.69, 9.17) is 13.7 Å². The van der Waals surface area contributed by atoms with E-state index in [0.717, 1.165) is 16.8 Å². The molecule has 1 aliphatic heterocycles. The normalized spacial score (nSPS) is 19.7. The Kier molecular flexibility index (Phi) is 4.53. The highest BCUT2D eigenvalue weighted by molar-refractivity contribution is 5.96. The van der Waals surface area contributed by atoms with Crippen molar-refractivity contribution in [2.45, 2.75) is 19.4 Å². The fourth-order valence-electron chi connectivity index (χ4n) is 3.62. The van der Waals surface area contributed by atoms with Gasteiger partial charge in [-0.1, -0.05) is 23.4 Å². The second-order valence-electron chi connectivity index (χ2n) is 6.87. The molecule has 0 N–H and O–H groups in total. The highest BCUT2D eigenvalue weighted by Gasteiger charge is 2.37. The molecule has 140 valence electrons. The molecule has 2 aromatic heterocycles. The summed E-state index contributed by atoms with van der Waals surface area (Å²) in [5.41, 5.74) is 0.703. The summed E-state index contributed by atoms with van der Waals surface area (Å²) in [5, 5.41) is 4.62. The van der Waals surface area contributed by atoms with Crippen LogP contribution in [0.25, 0.3) is 11.0 Å². The van der Waals surface area contributed by atoms with Crippen molar-refractivity contribution in [3.8, 4) is 0 Å². The summed E-state index contributed by atoms with van der Waals surface area (Å²) in [6, 6.07) is 10.6. The van der Waals surface area contributed by atoms with Crippen LogP contribution >= 0.6 is 0 Å². The predicted molar refractivity (Wildman–Crippen MR) is 97.6 cm³/mol. The molecule has 0 radical (unpaired) electrons. The van der Waals surface area contributed by atoms with Gasteiger partial charge < -0.3 is 18.6 Å². The van der Waals surface area contributed by atoms with E-state index in [-0.39, 0.29) is 23.5 Å². The van der Waals surface area contributed by atoms with Crippen molar-refractivity contribution >= 4 is 16.9 Å². The van der Waals surface area contributed by atoms with Gasteiger partial charge in [0.05, 0.1) is 11.8 Å². The number of amides is 1. The molecule has 0 unspecified atom stereocenters. The maximum absolute atomic E-state index is 12.9. The molecule has 1 fully saturated rings. The van der Waals surface area contributed by atoms with Gasteiger partial charge in [0.25, 0.3) is 5.91 Å². The van der Waals surface area contributed by atoms with Gasteiger partial charge in [-0.05, 0) is 19.1 Å². The van der Waals surface area contributed by atoms with Crippen LogP contribution in [0.4, 0.5) is 0 Å². The average Bonchev–Trinajstić information content (AvgIpc) is 3.26. The molecule has 3 aromatic rings. The SMILES string of the molecule is CO[C@@H]1CN(C(=O)c2cc3ccccc3oc2=O)C[C@H]1Cc1cc(C)no1. The molecular formula is C20H20N2O5. The molecule has 4 rings (SSSR count). The molecule has 1 saturated heterocycles. The summed E-state index contributed by atoms with van der Waals surface area (Å²) in [6.07, 6.45) is 0.488. The Morgan fingerprint density at radius 1 is 1.30 bits per heavy atom. The monoisotopic (exact) mass is 368 g/mol. The lowest BCUT2D eigenvalue weighted by atomic mass is 10.0. The molecule has 2 atom stereocenters. The molecular weight excluding hydrogens is 348 g/mol. The minimum absolute atomic E-state index is 0.0414. The molecule has 1 aliphatic rings. The third-order valence-electron chi connectivity index (χ3n) is 4.98. The average molecular weight is 368 g/mol. The smallest absolute Gasteiger partial charge is 0.349 e. The highest BCUT2D eigenvalue weighted by atomic mass is 16.5. The van der Waals surface area contributed by atoms with Gasteiger partial charge in [-0.25, -0.2) is 4.79 Å². The van der Waals surface area contributed by atoms with Crippen molar-refractivity contribution < 1.29 is 18.5 Å². The van der Waals surface area contributed by atoms with E-state index in [1.54, 1.807) is 30.2 Å². The summed E-state index contributed by atoms with van der Waals surface area (Å²) in [7, 11) is 1.63. The Labute approximate surface area is 155 Å². The summed E-state index contributed by atoms with van der Waals surface area (Å²) < 4.78 is 16.1. The standard InChI is InChI=1S/C20H20N2O5/c1-12-7-15(27-21-12)8-14-10-22(11-18(14)25-2)19(23)16-9-13-5-3-4-6-17(13)26-20(16)24/h3-7,9,14,18H,8,10-11H2,1-2H3/t14-,18-/m1/s1. The van der Waals surface area contributed by atoms with Gasteiger partial charge in [-0.2, -0.15) is 0 Å². The largest absolute Gasteiger partial charge is 0.422 e. The fourth-order valence-corrected chi connectivity index (χ4v) is 3.62. The Bertz CT molecular complexity index is 1040. The van der Waals surface area contributed by atoms with Crippen LogP contribution in [0.5, 0.6) is 0 Å². The lowest BCUT2D eigenvalue weighted by Gasteiger charge is -2.15. The van der Waals surface area contributed by atoms with E-state index in [1.807, 2.05) is 25.1 Å². The number of benzene rings is 1. The van der Waals surface area contributed by atoms with Crippen molar-refractivity contribution in [2.75, 3.05) is 20.2 Å². The molecule has 1 amide bonds. The number of hydrogen-bond acceptors (Lipinski definition) is 6. The summed E-state index contributed by atoms with van der Waals surface area (Å²) in [4.78, 5) is 26.9. The Morgan fingerprint density at radius 2 is 2.11 bits per heavy atom. The molecule has 0 bridgehead atoms. The number of nitrogens with zero attached hydrogens (tertiary/aromatic N) is 2. The number of para-hydroxylation sites is 1. The first-order valence-corrected chi connectivity index (χ1v) is 8.82. The minimum atomic E-state index is -0.623. The predicted octanol–water partition coefficient (Wildman–Crippen LogP) is 2.42. The van der Waals surface area contributed by atoms with E-state index >= 15 is 0 Å². The van der Waals surface area contributed by atoms with Crippen molar-refractivity contribution in [3.05, 3.63) is 63.8 Å². The second-order valence-corrected chi connectivity index (χ2v) is 6.87. The number of carbonyl (C=O) groups is 1. The zero-order chi connectivity index (χ0) is 19.0. The second kappa shape index (κ2) is 7.00. The van der Waals surface area contributed by atoms with Gasteiger partial charge in [-0.3, -0.25) is 4.79 Å². The van der Waals surface area contributed by atoms with E-state index < -0.39 is 5.63 Å². The molecule has 0 aliphatic carbocycles. The number of ether oxygens (including phenoxy) is 1. The number of rotatable bonds is 4. The van der Waals surface area contributed by atoms with Gasteiger partial charge in [0, 0.05) is 44.0 Å². The quantitative estimate of drug-likeness (QED) is 0.658. The van der Waals surface area contributed by atoms with E-state index in [9.17, 15) is 9.59 Å². The molecule has 7 nitrogen and oxygen atoms in total. The lowest BCUT2D eigenvalue weighted by Crippen LogP contribution is -2.33. The van der Waals surface area contributed by atoms with Crippen LogP contribution in [0, 0.1) is 12.8 Å². The van der Waals surface area contributed by atoms with E-state index in [1.165, 1.54) is 0 Å². The van der Waals surface area contributed by atoms with Crippen LogP contribution in [0.1, 0.15) is 21.8 Å². The summed E-state index contributed by atoms with van der Waals surface area (Å²) in [5.74, 6) is 0.491. The van der Waals surface area contributed by atoms with E-state index in [0.29, 0.717) is 25.1 Å². The number of fused-ring (bicyclic) bond motifs is 1. The summed E-state index contributed by atoms with van der Waals surface area (Å²) >= 11 is 0. The first kappa shape index (κ1) is 17.5. The van der Waals surface area contributed by atoms with Crippen molar-refractivity contribution in [1.29, 1.82) is 0 Å². The molecule has 7 heteroatoms. The van der Waals surface area contributed by atoms with Crippen molar-refractivity contribution in [2.24, 2.45) is 5.92 Å². The van der Waals surface area contributed by atoms with Crippen molar-refractivity contribution in [3.63, 3.8) is 0 Å². The Morgan fingerprint density at radius 3 is 2.85 bits per heavy atom. The topological polar surface area (TPSA) is 85.8 Å². The zero-order valence-corrected chi connectivity index (χ0v) is 15.2. The number of likely N-dealkylation sites (tertiary alicyclic amines) is 1. The third kappa shape index (κ3) is 3.38. The number of aromatic nitrogens is 1. The number of methoxy groups -OCH3 is 1. The van der Waals surface area contributed by atoms with Crippen LogP contribution in [-0.4, -0.2) is 42.3 Å². The fraction of sp³-hybridized carbons (Fsp3) is 0.350. The number of hydrogen-bond donors (Lipinski definition) is 0. The highest BCUT2D eigenvalue weighted by Crippen LogP contribution is 2.25. The zero-order valence-electron chi connectivity index (χ0n) is 15.2.